The van der Waals surface area contributed by atoms with Gasteiger partial charge in [0.05, 0.1) is 0 Å². The maximum Gasteiger partial charge on any atom is -0.0285 e. The fraction of sp³-hybridized carbons (Fsp3) is 0.500. The summed E-state index contributed by atoms with van der Waals surface area (Å²) in [4.78, 5) is 0. The van der Waals surface area contributed by atoms with Crippen LogP contribution in [0.1, 0.15) is 40.5 Å². The van der Waals surface area contributed by atoms with Gasteiger partial charge in [0.2, 0.25) is 0 Å². The van der Waals surface area contributed by atoms with Gasteiger partial charge in [-0.15, -0.1) is 0 Å². The predicted octanol–water partition coefficient (Wildman–Crippen LogP) is 4.26. The first-order valence-corrected chi connectivity index (χ1v) is 4.48. The van der Waals surface area contributed by atoms with Gasteiger partial charge in [0.15, 0.2) is 0 Å². The van der Waals surface area contributed by atoms with E-state index in [0.717, 1.165) is 18.4 Å². The first-order valence-electron chi connectivity index (χ1n) is 4.48. The van der Waals surface area contributed by atoms with Crippen LogP contribution < -0.4 is 0 Å². The quantitative estimate of drug-likeness (QED) is 0.430. The average molecular weight is 164 g/mol. The summed E-state index contributed by atoms with van der Waals surface area (Å²) in [5, 5.41) is 0. The summed E-state index contributed by atoms with van der Waals surface area (Å²) >= 11 is 0. The Hall–Kier alpha value is -0.780. The lowest BCUT2D eigenvalue weighted by molar-refractivity contribution is 0.965. The van der Waals surface area contributed by atoms with E-state index in [0.29, 0.717) is 0 Å². The van der Waals surface area contributed by atoms with E-state index < -0.39 is 0 Å². The van der Waals surface area contributed by atoms with Crippen molar-refractivity contribution in [2.75, 3.05) is 0 Å². The van der Waals surface area contributed by atoms with Gasteiger partial charge < -0.3 is 0 Å². The minimum Gasteiger partial charge on any atom is -0.0961 e. The van der Waals surface area contributed by atoms with Crippen molar-refractivity contribution in [3.8, 4) is 0 Å². The molecule has 12 heavy (non-hydrogen) atoms. The molecule has 0 unspecified atom stereocenters. The highest BCUT2D eigenvalue weighted by Crippen LogP contribution is 2.08. The van der Waals surface area contributed by atoms with Crippen molar-refractivity contribution in [3.05, 3.63) is 35.5 Å². The average Bonchev–Trinajstić information content (AvgIpc) is 1.84. The third kappa shape index (κ3) is 7.33. The van der Waals surface area contributed by atoms with Gasteiger partial charge in [-0.05, 0) is 40.5 Å². The molecule has 68 valence electrons. The van der Waals surface area contributed by atoms with Gasteiger partial charge in [0, 0.05) is 0 Å². The molecule has 0 aliphatic rings. The van der Waals surface area contributed by atoms with Gasteiger partial charge in [0.1, 0.15) is 0 Å². The zero-order valence-corrected chi connectivity index (χ0v) is 8.78. The van der Waals surface area contributed by atoms with Crippen molar-refractivity contribution in [1.82, 2.24) is 0 Å². The highest BCUT2D eigenvalue weighted by Gasteiger charge is 1.88. The van der Waals surface area contributed by atoms with Crippen LogP contribution in [0.3, 0.4) is 0 Å². The van der Waals surface area contributed by atoms with E-state index in [1.807, 2.05) is 6.92 Å². The molecule has 0 aliphatic carbocycles. The Morgan fingerprint density at radius 3 is 2.17 bits per heavy atom. The van der Waals surface area contributed by atoms with Gasteiger partial charge in [0.25, 0.3) is 0 Å². The molecule has 0 aromatic carbocycles. The van der Waals surface area contributed by atoms with Crippen molar-refractivity contribution in [1.29, 1.82) is 0 Å². The Labute approximate surface area is 76.7 Å². The van der Waals surface area contributed by atoms with Gasteiger partial charge in [-0.25, -0.2) is 0 Å². The Morgan fingerprint density at radius 1 is 1.17 bits per heavy atom. The van der Waals surface area contributed by atoms with Crippen LogP contribution >= 0.6 is 0 Å². The smallest absolute Gasteiger partial charge is 0.0285 e. The molecule has 0 N–H and O–H groups in total. The fourth-order valence-corrected chi connectivity index (χ4v) is 1.08. The molecule has 0 bridgehead atoms. The lowest BCUT2D eigenvalue weighted by Gasteiger charge is -1.98. The Morgan fingerprint density at radius 2 is 1.75 bits per heavy atom. The first kappa shape index (κ1) is 11.2. The van der Waals surface area contributed by atoms with Gasteiger partial charge >= 0.3 is 0 Å². The molecule has 0 nitrogen and oxygen atoms in total. The molecule has 0 saturated carbocycles. The molecular formula is C12H20. The maximum atomic E-state index is 3.85. The van der Waals surface area contributed by atoms with E-state index in [4.69, 9.17) is 0 Å². The van der Waals surface area contributed by atoms with Crippen LogP contribution in [0.15, 0.2) is 35.5 Å². The standard InChI is InChI=1S/C12H20/c1-10(2)7-6-8-12(5)9-11(3)4/h7,9H,3,6,8H2,1-2,4-5H3/b12-9+. The summed E-state index contributed by atoms with van der Waals surface area (Å²) in [6.07, 6.45) is 6.73. The highest BCUT2D eigenvalue weighted by atomic mass is 13.9. The number of hydrogen-bond donors (Lipinski definition) is 0. The van der Waals surface area contributed by atoms with Gasteiger partial charge in [-0.3, -0.25) is 0 Å². The Bertz CT molecular complexity index is 200. The largest absolute Gasteiger partial charge is 0.0961 e. The van der Waals surface area contributed by atoms with E-state index in [2.05, 4.69) is 39.5 Å². The molecule has 0 heterocycles. The third-order valence-electron chi connectivity index (χ3n) is 1.58. The number of hydrogen-bond acceptors (Lipinski definition) is 0. The molecule has 0 aromatic heterocycles. The molecule has 0 atom stereocenters. The minimum absolute atomic E-state index is 1.14. The SMILES string of the molecule is C=C(C)/C=C(\C)CCC=C(C)C. The second-order valence-electron chi connectivity index (χ2n) is 3.66. The van der Waals surface area contributed by atoms with E-state index in [1.165, 1.54) is 11.1 Å². The summed E-state index contributed by atoms with van der Waals surface area (Å²) in [5.41, 5.74) is 3.96. The van der Waals surface area contributed by atoms with Crippen LogP contribution in [0.2, 0.25) is 0 Å². The molecule has 0 fully saturated rings. The molecule has 0 saturated heterocycles. The number of allylic oxidation sites excluding steroid dienone is 5. The van der Waals surface area contributed by atoms with E-state index >= 15 is 0 Å². The Balaban J connectivity index is 3.79. The topological polar surface area (TPSA) is 0 Å². The second-order valence-corrected chi connectivity index (χ2v) is 3.66. The van der Waals surface area contributed by atoms with Crippen molar-refractivity contribution in [2.24, 2.45) is 0 Å². The first-order chi connectivity index (χ1) is 5.52. The third-order valence-corrected chi connectivity index (χ3v) is 1.58. The van der Waals surface area contributed by atoms with Gasteiger partial charge in [-0.1, -0.05) is 35.5 Å². The summed E-state index contributed by atoms with van der Waals surface area (Å²) < 4.78 is 0. The van der Waals surface area contributed by atoms with E-state index in [-0.39, 0.29) is 0 Å². The zero-order chi connectivity index (χ0) is 9.56. The predicted molar refractivity (Wildman–Crippen MR) is 57.2 cm³/mol. The van der Waals surface area contributed by atoms with Crippen molar-refractivity contribution in [2.45, 2.75) is 40.5 Å². The fourth-order valence-electron chi connectivity index (χ4n) is 1.08. The zero-order valence-electron chi connectivity index (χ0n) is 8.78. The summed E-state index contributed by atoms with van der Waals surface area (Å²) in [6.45, 7) is 12.3. The van der Waals surface area contributed by atoms with E-state index in [1.54, 1.807) is 0 Å². The molecule has 0 rings (SSSR count). The molecule has 0 spiro atoms. The summed E-state index contributed by atoms with van der Waals surface area (Å²) in [6, 6.07) is 0. The molecular weight excluding hydrogens is 144 g/mol. The molecule has 0 amide bonds. The maximum absolute atomic E-state index is 3.85. The Kier molecular flexibility index (Phi) is 5.44. The van der Waals surface area contributed by atoms with Crippen LogP contribution in [-0.2, 0) is 0 Å². The normalized spacial score (nSPS) is 11.2. The lowest BCUT2D eigenvalue weighted by atomic mass is 10.1. The van der Waals surface area contributed by atoms with Crippen molar-refractivity contribution >= 4 is 0 Å². The molecule has 0 heteroatoms. The van der Waals surface area contributed by atoms with Crippen LogP contribution in [-0.4, -0.2) is 0 Å². The van der Waals surface area contributed by atoms with Crippen LogP contribution in [0.4, 0.5) is 0 Å². The summed E-state index contributed by atoms with van der Waals surface area (Å²) in [7, 11) is 0. The molecule has 0 aliphatic heterocycles. The van der Waals surface area contributed by atoms with Gasteiger partial charge in [-0.2, -0.15) is 0 Å². The van der Waals surface area contributed by atoms with E-state index in [9.17, 15) is 0 Å². The highest BCUT2D eigenvalue weighted by molar-refractivity contribution is 5.17. The lowest BCUT2D eigenvalue weighted by Crippen LogP contribution is -1.77. The minimum atomic E-state index is 1.14. The van der Waals surface area contributed by atoms with Crippen LogP contribution in [0.5, 0.6) is 0 Å². The van der Waals surface area contributed by atoms with Crippen molar-refractivity contribution < 1.29 is 0 Å². The second kappa shape index (κ2) is 5.82. The monoisotopic (exact) mass is 164 g/mol. The number of rotatable bonds is 4. The van der Waals surface area contributed by atoms with Crippen LogP contribution in [0.25, 0.3) is 0 Å². The summed E-state index contributed by atoms with van der Waals surface area (Å²) in [5.74, 6) is 0. The molecule has 0 radical (unpaired) electrons. The van der Waals surface area contributed by atoms with Crippen molar-refractivity contribution in [3.63, 3.8) is 0 Å². The van der Waals surface area contributed by atoms with Crippen LogP contribution in [0, 0.1) is 0 Å². The molecule has 0 aromatic rings.